The van der Waals surface area contributed by atoms with Crippen molar-refractivity contribution in [3.63, 3.8) is 0 Å². The molecule has 1 aromatic heterocycles. The van der Waals surface area contributed by atoms with Gasteiger partial charge in [0, 0.05) is 11.9 Å². The standard InChI is InChI=1S/C12H21N3OS/c1-7(2)9(5-13)11(16)15-12-14-10(6-17-12)8(3)4/h6-9H,5,13H2,1-4H3,(H,14,15,16). The Balaban J connectivity index is 2.67. The minimum Gasteiger partial charge on any atom is -0.330 e. The van der Waals surface area contributed by atoms with Crippen LogP contribution >= 0.6 is 11.3 Å². The van der Waals surface area contributed by atoms with Crippen LogP contribution in [0.5, 0.6) is 0 Å². The Bertz CT molecular complexity index is 374. The predicted molar refractivity (Wildman–Crippen MR) is 72.2 cm³/mol. The monoisotopic (exact) mass is 255 g/mol. The zero-order chi connectivity index (χ0) is 13.0. The molecule has 96 valence electrons. The van der Waals surface area contributed by atoms with Crippen LogP contribution in [0.25, 0.3) is 0 Å². The Hall–Kier alpha value is -0.940. The van der Waals surface area contributed by atoms with Crippen molar-refractivity contribution in [1.82, 2.24) is 4.98 Å². The molecule has 0 saturated carbocycles. The van der Waals surface area contributed by atoms with Gasteiger partial charge in [0.25, 0.3) is 0 Å². The zero-order valence-electron chi connectivity index (χ0n) is 10.9. The summed E-state index contributed by atoms with van der Waals surface area (Å²) in [6, 6.07) is 0. The van der Waals surface area contributed by atoms with Gasteiger partial charge in [0.15, 0.2) is 5.13 Å². The second kappa shape index (κ2) is 6.12. The maximum Gasteiger partial charge on any atom is 0.230 e. The Labute approximate surface area is 107 Å². The van der Waals surface area contributed by atoms with Gasteiger partial charge in [-0.05, 0) is 11.8 Å². The van der Waals surface area contributed by atoms with Gasteiger partial charge < -0.3 is 11.1 Å². The Morgan fingerprint density at radius 1 is 1.47 bits per heavy atom. The lowest BCUT2D eigenvalue weighted by Gasteiger charge is -2.17. The molecule has 0 aliphatic rings. The Morgan fingerprint density at radius 3 is 2.53 bits per heavy atom. The van der Waals surface area contributed by atoms with Crippen molar-refractivity contribution in [2.24, 2.45) is 17.6 Å². The first-order valence-corrected chi connectivity index (χ1v) is 6.80. The van der Waals surface area contributed by atoms with E-state index in [1.54, 1.807) is 0 Å². The summed E-state index contributed by atoms with van der Waals surface area (Å²) >= 11 is 1.46. The molecule has 1 unspecified atom stereocenters. The summed E-state index contributed by atoms with van der Waals surface area (Å²) in [5, 5.41) is 5.48. The molecule has 1 heterocycles. The van der Waals surface area contributed by atoms with Gasteiger partial charge in [-0.3, -0.25) is 4.79 Å². The SMILES string of the molecule is CC(C)c1csc(NC(=O)C(CN)C(C)C)n1. The van der Waals surface area contributed by atoms with Crippen molar-refractivity contribution >= 4 is 22.4 Å². The molecule has 1 atom stereocenters. The Morgan fingerprint density at radius 2 is 2.12 bits per heavy atom. The van der Waals surface area contributed by atoms with Crippen LogP contribution in [-0.4, -0.2) is 17.4 Å². The predicted octanol–water partition coefficient (Wildman–Crippen LogP) is 2.44. The van der Waals surface area contributed by atoms with Gasteiger partial charge in [-0.1, -0.05) is 27.7 Å². The minimum absolute atomic E-state index is 0.0350. The van der Waals surface area contributed by atoms with E-state index < -0.39 is 0 Å². The van der Waals surface area contributed by atoms with Crippen LogP contribution in [0.3, 0.4) is 0 Å². The molecule has 3 N–H and O–H groups in total. The zero-order valence-corrected chi connectivity index (χ0v) is 11.7. The molecular formula is C12H21N3OS. The normalized spacial score (nSPS) is 13.1. The molecule has 0 bridgehead atoms. The number of hydrogen-bond donors (Lipinski definition) is 2. The van der Waals surface area contributed by atoms with E-state index in [1.165, 1.54) is 11.3 Å². The van der Waals surface area contributed by atoms with Crippen LogP contribution in [-0.2, 0) is 4.79 Å². The lowest BCUT2D eigenvalue weighted by Crippen LogP contribution is -2.33. The summed E-state index contributed by atoms with van der Waals surface area (Å²) < 4.78 is 0. The Kier molecular flexibility index (Phi) is 5.08. The largest absolute Gasteiger partial charge is 0.330 e. The maximum absolute atomic E-state index is 11.9. The first-order valence-electron chi connectivity index (χ1n) is 5.92. The average molecular weight is 255 g/mol. The highest BCUT2D eigenvalue weighted by Crippen LogP contribution is 2.22. The summed E-state index contributed by atoms with van der Waals surface area (Å²) in [6.07, 6.45) is 0. The fourth-order valence-corrected chi connectivity index (χ4v) is 2.36. The number of amides is 1. The third-order valence-corrected chi connectivity index (χ3v) is 3.52. The first-order chi connectivity index (χ1) is 7.95. The van der Waals surface area contributed by atoms with Crippen LogP contribution < -0.4 is 11.1 Å². The van der Waals surface area contributed by atoms with Gasteiger partial charge in [0.1, 0.15) is 0 Å². The quantitative estimate of drug-likeness (QED) is 0.849. The van der Waals surface area contributed by atoms with E-state index in [0.29, 0.717) is 17.6 Å². The number of anilines is 1. The van der Waals surface area contributed by atoms with Crippen molar-refractivity contribution in [1.29, 1.82) is 0 Å². The summed E-state index contributed by atoms with van der Waals surface area (Å²) in [4.78, 5) is 16.3. The molecule has 5 heteroatoms. The number of carbonyl (C=O) groups excluding carboxylic acids is 1. The second-order valence-electron chi connectivity index (χ2n) is 4.81. The van der Waals surface area contributed by atoms with E-state index in [2.05, 4.69) is 24.1 Å². The van der Waals surface area contributed by atoms with Crippen molar-refractivity contribution in [2.45, 2.75) is 33.6 Å². The third-order valence-electron chi connectivity index (χ3n) is 2.74. The van der Waals surface area contributed by atoms with Gasteiger partial charge in [-0.2, -0.15) is 0 Å². The highest BCUT2D eigenvalue weighted by molar-refractivity contribution is 7.13. The summed E-state index contributed by atoms with van der Waals surface area (Å²) in [7, 11) is 0. The molecule has 0 spiro atoms. The molecule has 0 saturated heterocycles. The number of thiazole rings is 1. The van der Waals surface area contributed by atoms with Gasteiger partial charge in [-0.25, -0.2) is 4.98 Å². The fraction of sp³-hybridized carbons (Fsp3) is 0.667. The molecule has 4 nitrogen and oxygen atoms in total. The van der Waals surface area contributed by atoms with E-state index in [-0.39, 0.29) is 17.7 Å². The van der Waals surface area contributed by atoms with Gasteiger partial charge in [0.2, 0.25) is 5.91 Å². The van der Waals surface area contributed by atoms with E-state index in [0.717, 1.165) is 5.69 Å². The van der Waals surface area contributed by atoms with Gasteiger partial charge in [-0.15, -0.1) is 11.3 Å². The van der Waals surface area contributed by atoms with Gasteiger partial charge >= 0.3 is 0 Å². The molecule has 1 rings (SSSR count). The number of rotatable bonds is 5. The van der Waals surface area contributed by atoms with E-state index in [9.17, 15) is 4.79 Å². The number of nitrogens with zero attached hydrogens (tertiary/aromatic N) is 1. The summed E-state index contributed by atoms with van der Waals surface area (Å²) in [5.74, 6) is 0.436. The lowest BCUT2D eigenvalue weighted by atomic mass is 9.95. The molecule has 0 radical (unpaired) electrons. The smallest absolute Gasteiger partial charge is 0.230 e. The molecule has 1 amide bonds. The number of nitrogens with two attached hydrogens (primary N) is 1. The number of carbonyl (C=O) groups is 1. The molecule has 0 aliphatic heterocycles. The van der Waals surface area contributed by atoms with Crippen molar-refractivity contribution < 1.29 is 4.79 Å². The van der Waals surface area contributed by atoms with E-state index in [4.69, 9.17) is 5.73 Å². The van der Waals surface area contributed by atoms with E-state index >= 15 is 0 Å². The highest BCUT2D eigenvalue weighted by Gasteiger charge is 2.21. The average Bonchev–Trinajstić information content (AvgIpc) is 2.66. The van der Waals surface area contributed by atoms with Crippen LogP contribution in [0.15, 0.2) is 5.38 Å². The number of nitrogens with one attached hydrogen (secondary N) is 1. The van der Waals surface area contributed by atoms with Crippen LogP contribution in [0.4, 0.5) is 5.13 Å². The van der Waals surface area contributed by atoms with Crippen molar-refractivity contribution in [2.75, 3.05) is 11.9 Å². The molecule has 1 aromatic rings. The van der Waals surface area contributed by atoms with Crippen LogP contribution in [0.2, 0.25) is 0 Å². The molecule has 0 fully saturated rings. The number of aromatic nitrogens is 1. The van der Waals surface area contributed by atoms with E-state index in [1.807, 2.05) is 19.2 Å². The molecular weight excluding hydrogens is 234 g/mol. The highest BCUT2D eigenvalue weighted by atomic mass is 32.1. The second-order valence-corrected chi connectivity index (χ2v) is 5.67. The summed E-state index contributed by atoms with van der Waals surface area (Å²) in [5.41, 5.74) is 6.62. The minimum atomic E-state index is -0.151. The molecule has 0 aromatic carbocycles. The topological polar surface area (TPSA) is 68.0 Å². The molecule has 0 aliphatic carbocycles. The third kappa shape index (κ3) is 3.78. The summed E-state index contributed by atoms with van der Waals surface area (Å²) in [6.45, 7) is 8.53. The van der Waals surface area contributed by atoms with Crippen LogP contribution in [0, 0.1) is 11.8 Å². The van der Waals surface area contributed by atoms with Crippen LogP contribution in [0.1, 0.15) is 39.3 Å². The maximum atomic E-state index is 11.9. The van der Waals surface area contributed by atoms with Crippen molar-refractivity contribution in [3.05, 3.63) is 11.1 Å². The number of hydrogen-bond acceptors (Lipinski definition) is 4. The van der Waals surface area contributed by atoms with Gasteiger partial charge in [0.05, 0.1) is 11.6 Å². The van der Waals surface area contributed by atoms with Crippen molar-refractivity contribution in [3.8, 4) is 0 Å². The lowest BCUT2D eigenvalue weighted by molar-refractivity contribution is -0.120. The first kappa shape index (κ1) is 14.1. The fourth-order valence-electron chi connectivity index (χ4n) is 1.49. The molecule has 17 heavy (non-hydrogen) atoms.